The average molecular weight is 383 g/mol. The van der Waals surface area contributed by atoms with Gasteiger partial charge in [-0.3, -0.25) is 4.79 Å². The van der Waals surface area contributed by atoms with Gasteiger partial charge in [-0.2, -0.15) is 9.13 Å². The lowest BCUT2D eigenvalue weighted by Gasteiger charge is -2.21. The van der Waals surface area contributed by atoms with E-state index in [-0.39, 0.29) is 30.9 Å². The molecule has 7 nitrogen and oxygen atoms in total. The lowest BCUT2D eigenvalue weighted by molar-refractivity contribution is -0.702. The fourth-order valence-corrected chi connectivity index (χ4v) is 3.38. The number of pyridine rings is 2. The Bertz CT molecular complexity index is 860. The van der Waals surface area contributed by atoms with Crippen LogP contribution < -0.4 is 9.13 Å². The van der Waals surface area contributed by atoms with Gasteiger partial charge in [0, 0.05) is 12.1 Å². The van der Waals surface area contributed by atoms with E-state index in [1.807, 2.05) is 0 Å². The Labute approximate surface area is 163 Å². The highest BCUT2D eigenvalue weighted by molar-refractivity contribution is 5.88. The number of hydrogen-bond acceptors (Lipinski definition) is 5. The number of ether oxygens (including phenoxy) is 1. The molecule has 2 aromatic heterocycles. The number of ketones is 1. The van der Waals surface area contributed by atoms with Crippen LogP contribution in [-0.4, -0.2) is 29.3 Å². The van der Waals surface area contributed by atoms with Crippen LogP contribution >= 0.6 is 0 Å². The van der Waals surface area contributed by atoms with Gasteiger partial charge >= 0.3 is 5.97 Å². The second-order valence-corrected chi connectivity index (χ2v) is 7.02. The zero-order chi connectivity index (χ0) is 19.8. The van der Waals surface area contributed by atoms with Gasteiger partial charge in [0.2, 0.25) is 13.1 Å². The lowest BCUT2D eigenvalue weighted by atomic mass is 9.98. The molecule has 0 amide bonds. The quantitative estimate of drug-likeness (QED) is 0.260. The predicted molar refractivity (Wildman–Crippen MR) is 100.0 cm³/mol. The first kappa shape index (κ1) is 19.7. The molecule has 0 aromatic carbocycles. The van der Waals surface area contributed by atoms with Gasteiger partial charge in [-0.15, -0.1) is 0 Å². The van der Waals surface area contributed by atoms with Crippen LogP contribution in [0.5, 0.6) is 0 Å². The fraction of sp³-hybridized carbons (Fsp3) is 0.381. The number of esters is 1. The molecular formula is C21H25N3O4+2. The van der Waals surface area contributed by atoms with Gasteiger partial charge in [0.1, 0.15) is 11.7 Å². The van der Waals surface area contributed by atoms with Crippen molar-refractivity contribution in [1.82, 2.24) is 0 Å². The van der Waals surface area contributed by atoms with Crippen molar-refractivity contribution in [3.8, 4) is 0 Å². The molecule has 2 heterocycles. The molecule has 1 aliphatic rings. The zero-order valence-corrected chi connectivity index (χ0v) is 15.7. The topological polar surface area (TPSA) is 83.7 Å². The summed E-state index contributed by atoms with van der Waals surface area (Å²) in [6.07, 6.45) is 13.5. The minimum atomic E-state index is -0.334. The highest BCUT2D eigenvalue weighted by atomic mass is 16.5. The standard InChI is InChI=1S/C21H24N3O4/c25-19(15-23-10-4-6-17(13-23)12-22-27)16-24-11-5-7-18(14-24)21(26)28-20-8-2-1-3-9-20/h4-7,10-14,20H,1-3,8-9,15-16H2/q+1/p+1/b22-12+. The molecule has 1 aliphatic carbocycles. The molecule has 28 heavy (non-hydrogen) atoms. The molecule has 7 heteroatoms. The minimum absolute atomic E-state index is 0.00248. The number of Topliss-reactive ketones (excluding diaryl/α,β-unsaturated/α-hetero) is 1. The first-order valence-electron chi connectivity index (χ1n) is 9.52. The molecule has 2 aromatic rings. The minimum Gasteiger partial charge on any atom is -0.459 e. The van der Waals surface area contributed by atoms with Crippen LogP contribution in [0.1, 0.15) is 48.0 Å². The third-order valence-electron chi connectivity index (χ3n) is 4.73. The maximum Gasteiger partial charge on any atom is 0.344 e. The summed E-state index contributed by atoms with van der Waals surface area (Å²) in [5.41, 5.74) is 1.15. The van der Waals surface area contributed by atoms with Gasteiger partial charge in [0.15, 0.2) is 24.8 Å². The Balaban J connectivity index is 1.59. The molecule has 0 unspecified atom stereocenters. The fourth-order valence-electron chi connectivity index (χ4n) is 3.38. The van der Waals surface area contributed by atoms with E-state index < -0.39 is 0 Å². The first-order chi connectivity index (χ1) is 13.6. The number of carbonyl (C=O) groups excluding carboxylic acids is 2. The summed E-state index contributed by atoms with van der Waals surface area (Å²) < 4.78 is 9.01. The number of aromatic nitrogens is 2. The molecule has 0 saturated heterocycles. The number of nitrogens with zero attached hydrogens (tertiary/aromatic N) is 3. The van der Waals surface area contributed by atoms with Crippen molar-refractivity contribution in [3.05, 3.63) is 60.2 Å². The number of rotatable bonds is 7. The molecule has 146 valence electrons. The lowest BCUT2D eigenvalue weighted by Crippen LogP contribution is -2.45. The summed E-state index contributed by atoms with van der Waals surface area (Å²) in [6, 6.07) is 7.00. The summed E-state index contributed by atoms with van der Waals surface area (Å²) in [5.74, 6) is -0.357. The molecule has 1 N–H and O–H groups in total. The molecule has 0 aliphatic heterocycles. The van der Waals surface area contributed by atoms with E-state index in [9.17, 15) is 9.59 Å². The second-order valence-electron chi connectivity index (χ2n) is 7.02. The molecule has 0 radical (unpaired) electrons. The van der Waals surface area contributed by atoms with E-state index in [0.29, 0.717) is 11.1 Å². The summed E-state index contributed by atoms with van der Waals surface area (Å²) in [5, 5.41) is 11.6. The van der Waals surface area contributed by atoms with E-state index in [1.54, 1.807) is 58.2 Å². The van der Waals surface area contributed by atoms with E-state index in [4.69, 9.17) is 9.94 Å². The Morgan fingerprint density at radius 1 is 1.07 bits per heavy atom. The molecular weight excluding hydrogens is 358 g/mol. The van der Waals surface area contributed by atoms with Gasteiger partial charge in [0.25, 0.3) is 5.78 Å². The van der Waals surface area contributed by atoms with Crippen LogP contribution in [0.4, 0.5) is 0 Å². The largest absolute Gasteiger partial charge is 0.459 e. The molecule has 1 fully saturated rings. The molecule has 3 rings (SSSR count). The highest BCUT2D eigenvalue weighted by Gasteiger charge is 2.21. The molecule has 0 bridgehead atoms. The smallest absolute Gasteiger partial charge is 0.344 e. The van der Waals surface area contributed by atoms with Crippen molar-refractivity contribution in [2.45, 2.75) is 51.3 Å². The SMILES string of the molecule is O=C(C[n+]1cccc(/C=N/O)c1)C[n+]1cccc(C(=O)OC2CCCCC2)c1. The van der Waals surface area contributed by atoms with Crippen LogP contribution in [0.3, 0.4) is 0 Å². The summed E-state index contributed by atoms with van der Waals surface area (Å²) >= 11 is 0. The Morgan fingerprint density at radius 3 is 2.46 bits per heavy atom. The molecule has 0 spiro atoms. The van der Waals surface area contributed by atoms with E-state index >= 15 is 0 Å². The van der Waals surface area contributed by atoms with Crippen LogP contribution in [0.2, 0.25) is 0 Å². The predicted octanol–water partition coefficient (Wildman–Crippen LogP) is 1.83. The highest BCUT2D eigenvalue weighted by Crippen LogP contribution is 2.21. The Kier molecular flexibility index (Phi) is 6.84. The van der Waals surface area contributed by atoms with Gasteiger partial charge in [-0.1, -0.05) is 11.6 Å². The third-order valence-corrected chi connectivity index (χ3v) is 4.73. The van der Waals surface area contributed by atoms with Crippen molar-refractivity contribution < 1.29 is 28.7 Å². The second kappa shape index (κ2) is 9.73. The van der Waals surface area contributed by atoms with Crippen molar-refractivity contribution in [2.24, 2.45) is 5.16 Å². The van der Waals surface area contributed by atoms with Crippen molar-refractivity contribution in [1.29, 1.82) is 0 Å². The van der Waals surface area contributed by atoms with Crippen LogP contribution in [0.15, 0.2) is 54.2 Å². The van der Waals surface area contributed by atoms with Crippen molar-refractivity contribution in [2.75, 3.05) is 0 Å². The van der Waals surface area contributed by atoms with Gasteiger partial charge < -0.3 is 9.94 Å². The third kappa shape index (κ3) is 5.70. The maximum absolute atomic E-state index is 12.4. The summed E-state index contributed by atoms with van der Waals surface area (Å²) in [4.78, 5) is 24.8. The van der Waals surface area contributed by atoms with Crippen LogP contribution in [0.25, 0.3) is 0 Å². The Hall–Kier alpha value is -3.09. The normalized spacial score (nSPS) is 14.9. The molecule has 1 saturated carbocycles. The van der Waals surface area contributed by atoms with Gasteiger partial charge in [-0.25, -0.2) is 4.79 Å². The van der Waals surface area contributed by atoms with Crippen LogP contribution in [-0.2, 0) is 22.6 Å². The number of oxime groups is 1. The first-order valence-corrected chi connectivity index (χ1v) is 9.52. The van der Waals surface area contributed by atoms with Crippen molar-refractivity contribution >= 4 is 18.0 Å². The summed E-state index contributed by atoms with van der Waals surface area (Å²) in [6.45, 7) is 0.326. The summed E-state index contributed by atoms with van der Waals surface area (Å²) in [7, 11) is 0. The number of hydrogen-bond donors (Lipinski definition) is 1. The van der Waals surface area contributed by atoms with Gasteiger partial charge in [0.05, 0.1) is 11.8 Å². The van der Waals surface area contributed by atoms with Crippen LogP contribution in [0, 0.1) is 0 Å². The van der Waals surface area contributed by atoms with E-state index in [2.05, 4.69) is 5.16 Å². The number of carbonyl (C=O) groups is 2. The zero-order valence-electron chi connectivity index (χ0n) is 15.7. The molecule has 0 atom stereocenters. The van der Waals surface area contributed by atoms with E-state index in [1.165, 1.54) is 12.6 Å². The maximum atomic E-state index is 12.4. The monoisotopic (exact) mass is 383 g/mol. The average Bonchev–Trinajstić information content (AvgIpc) is 2.69. The van der Waals surface area contributed by atoms with Crippen molar-refractivity contribution in [3.63, 3.8) is 0 Å². The van der Waals surface area contributed by atoms with E-state index in [0.717, 1.165) is 25.7 Å². The van der Waals surface area contributed by atoms with Gasteiger partial charge in [-0.05, 0) is 37.8 Å². The Morgan fingerprint density at radius 2 is 1.75 bits per heavy atom.